The van der Waals surface area contributed by atoms with Crippen LogP contribution in [0.5, 0.6) is 0 Å². The van der Waals surface area contributed by atoms with Crippen molar-refractivity contribution in [3.05, 3.63) is 41.5 Å². The maximum absolute atomic E-state index is 5.27. The molecule has 0 radical (unpaired) electrons. The Labute approximate surface area is 158 Å². The summed E-state index contributed by atoms with van der Waals surface area (Å²) >= 11 is 1.67. The van der Waals surface area contributed by atoms with Gasteiger partial charge in [-0.3, -0.25) is 0 Å². The molecule has 0 saturated carbocycles. The Kier molecular flexibility index (Phi) is 5.15. The van der Waals surface area contributed by atoms with Crippen molar-refractivity contribution in [1.29, 1.82) is 0 Å². The summed E-state index contributed by atoms with van der Waals surface area (Å²) < 4.78 is 5.27. The summed E-state index contributed by atoms with van der Waals surface area (Å²) in [5.74, 6) is 1.67. The second-order valence-corrected chi connectivity index (χ2v) is 7.70. The number of methoxy groups -OCH3 is 1. The average Bonchev–Trinajstić information content (AvgIpc) is 3.09. The third kappa shape index (κ3) is 3.58. The number of piperidine rings is 1. The predicted molar refractivity (Wildman–Crippen MR) is 108 cm³/mol. The standard InChI is InChI=1S/C20H24N4OS/c1-24-10-8-15(9-11-24)21-19-18-16(14-6-4-3-5-7-14)13-26-20(18)23-17(22-19)12-25-2/h3-7,13,15H,8-12H2,1-2H3,(H,21,22,23). The van der Waals surface area contributed by atoms with Crippen molar-refractivity contribution in [2.24, 2.45) is 0 Å². The third-order valence-electron chi connectivity index (χ3n) is 4.90. The number of anilines is 1. The SMILES string of the molecule is COCc1nc(NC2CCN(C)CC2)c2c(-c3ccccc3)csc2n1. The van der Waals surface area contributed by atoms with E-state index >= 15 is 0 Å². The molecule has 1 aliphatic rings. The van der Waals surface area contributed by atoms with Crippen LogP contribution in [-0.2, 0) is 11.3 Å². The molecule has 4 rings (SSSR count). The van der Waals surface area contributed by atoms with E-state index < -0.39 is 0 Å². The van der Waals surface area contributed by atoms with Gasteiger partial charge in [0.2, 0.25) is 0 Å². The Hall–Kier alpha value is -2.02. The molecule has 5 nitrogen and oxygen atoms in total. The molecule has 0 aliphatic carbocycles. The largest absolute Gasteiger partial charge is 0.377 e. The molecule has 1 aliphatic heterocycles. The molecule has 0 atom stereocenters. The molecule has 2 aromatic heterocycles. The van der Waals surface area contributed by atoms with E-state index in [4.69, 9.17) is 14.7 Å². The monoisotopic (exact) mass is 368 g/mol. The van der Waals surface area contributed by atoms with Crippen LogP contribution in [0, 0.1) is 0 Å². The zero-order valence-corrected chi connectivity index (χ0v) is 16.1. The fraction of sp³-hybridized carbons (Fsp3) is 0.400. The van der Waals surface area contributed by atoms with Crippen molar-refractivity contribution in [2.75, 3.05) is 32.6 Å². The number of hydrogen-bond acceptors (Lipinski definition) is 6. The molecule has 0 spiro atoms. The Balaban J connectivity index is 1.76. The minimum Gasteiger partial charge on any atom is -0.377 e. The lowest BCUT2D eigenvalue weighted by Crippen LogP contribution is -2.37. The molecule has 1 N–H and O–H groups in total. The Morgan fingerprint density at radius 3 is 2.69 bits per heavy atom. The lowest BCUT2D eigenvalue weighted by Gasteiger charge is -2.30. The maximum atomic E-state index is 5.27. The van der Waals surface area contributed by atoms with Gasteiger partial charge < -0.3 is 15.0 Å². The molecular weight excluding hydrogens is 344 g/mol. The molecule has 1 aromatic carbocycles. The number of benzene rings is 1. The summed E-state index contributed by atoms with van der Waals surface area (Å²) in [6.07, 6.45) is 2.26. The van der Waals surface area contributed by atoms with Crippen LogP contribution in [0.15, 0.2) is 35.7 Å². The van der Waals surface area contributed by atoms with E-state index in [0.29, 0.717) is 12.6 Å². The first-order chi connectivity index (χ1) is 12.7. The van der Waals surface area contributed by atoms with Crippen molar-refractivity contribution < 1.29 is 4.74 Å². The van der Waals surface area contributed by atoms with Crippen LogP contribution < -0.4 is 5.32 Å². The molecule has 1 saturated heterocycles. The van der Waals surface area contributed by atoms with Crippen LogP contribution in [0.2, 0.25) is 0 Å². The van der Waals surface area contributed by atoms with Gasteiger partial charge in [0.15, 0.2) is 5.82 Å². The highest BCUT2D eigenvalue weighted by Gasteiger charge is 2.21. The zero-order valence-electron chi connectivity index (χ0n) is 15.2. The minimum atomic E-state index is 0.427. The van der Waals surface area contributed by atoms with Gasteiger partial charge in [-0.2, -0.15) is 0 Å². The first kappa shape index (κ1) is 17.4. The maximum Gasteiger partial charge on any atom is 0.158 e. The first-order valence-corrected chi connectivity index (χ1v) is 9.90. The van der Waals surface area contributed by atoms with Gasteiger partial charge in [-0.25, -0.2) is 9.97 Å². The topological polar surface area (TPSA) is 50.3 Å². The van der Waals surface area contributed by atoms with Crippen molar-refractivity contribution in [3.63, 3.8) is 0 Å². The molecule has 3 heterocycles. The summed E-state index contributed by atoms with van der Waals surface area (Å²) in [4.78, 5) is 12.9. The Morgan fingerprint density at radius 2 is 1.96 bits per heavy atom. The molecule has 0 unspecified atom stereocenters. The minimum absolute atomic E-state index is 0.427. The smallest absolute Gasteiger partial charge is 0.158 e. The quantitative estimate of drug-likeness (QED) is 0.737. The van der Waals surface area contributed by atoms with Gasteiger partial charge in [-0.1, -0.05) is 30.3 Å². The van der Waals surface area contributed by atoms with Crippen molar-refractivity contribution in [3.8, 4) is 11.1 Å². The second kappa shape index (κ2) is 7.70. The Morgan fingerprint density at radius 1 is 1.19 bits per heavy atom. The number of fused-ring (bicyclic) bond motifs is 1. The third-order valence-corrected chi connectivity index (χ3v) is 5.77. The normalized spacial score (nSPS) is 16.2. The van der Waals surface area contributed by atoms with Crippen molar-refractivity contribution >= 4 is 27.4 Å². The lowest BCUT2D eigenvalue weighted by atomic mass is 10.0. The molecule has 0 amide bonds. The van der Waals surface area contributed by atoms with E-state index in [9.17, 15) is 0 Å². The van der Waals surface area contributed by atoms with Gasteiger partial charge in [0.25, 0.3) is 0 Å². The molecular formula is C20H24N4OS. The predicted octanol–water partition coefficient (Wildman–Crippen LogP) is 4.01. The number of aromatic nitrogens is 2. The highest BCUT2D eigenvalue weighted by molar-refractivity contribution is 7.17. The molecule has 1 fully saturated rings. The van der Waals surface area contributed by atoms with Crippen molar-refractivity contribution in [1.82, 2.24) is 14.9 Å². The molecule has 26 heavy (non-hydrogen) atoms. The van der Waals surface area contributed by atoms with Gasteiger partial charge in [0.05, 0.1) is 5.39 Å². The van der Waals surface area contributed by atoms with Gasteiger partial charge in [0.1, 0.15) is 17.3 Å². The van der Waals surface area contributed by atoms with E-state index in [2.05, 4.69) is 46.9 Å². The van der Waals surface area contributed by atoms with Gasteiger partial charge in [-0.05, 0) is 38.5 Å². The van der Waals surface area contributed by atoms with Crippen LogP contribution in [-0.4, -0.2) is 48.2 Å². The van der Waals surface area contributed by atoms with E-state index in [-0.39, 0.29) is 0 Å². The van der Waals surface area contributed by atoms with Crippen molar-refractivity contribution in [2.45, 2.75) is 25.5 Å². The van der Waals surface area contributed by atoms with Gasteiger partial charge >= 0.3 is 0 Å². The van der Waals surface area contributed by atoms with Gasteiger partial charge in [0, 0.05) is 24.1 Å². The summed E-state index contributed by atoms with van der Waals surface area (Å²) in [6, 6.07) is 10.9. The van der Waals surface area contributed by atoms with Gasteiger partial charge in [-0.15, -0.1) is 11.3 Å². The molecule has 136 valence electrons. The molecule has 3 aromatic rings. The number of likely N-dealkylation sites (tertiary alicyclic amines) is 1. The number of hydrogen-bond donors (Lipinski definition) is 1. The van der Waals surface area contributed by atoms with E-state index in [1.165, 1.54) is 11.1 Å². The fourth-order valence-electron chi connectivity index (χ4n) is 3.46. The zero-order chi connectivity index (χ0) is 17.9. The van der Waals surface area contributed by atoms with Crippen LogP contribution in [0.3, 0.4) is 0 Å². The summed E-state index contributed by atoms with van der Waals surface area (Å²) in [6.45, 7) is 2.66. The van der Waals surface area contributed by atoms with Crippen LogP contribution in [0.4, 0.5) is 5.82 Å². The van der Waals surface area contributed by atoms with E-state index in [1.807, 2.05) is 6.07 Å². The average molecular weight is 369 g/mol. The van der Waals surface area contributed by atoms with Crippen LogP contribution >= 0.6 is 11.3 Å². The highest BCUT2D eigenvalue weighted by Crippen LogP contribution is 2.37. The lowest BCUT2D eigenvalue weighted by molar-refractivity contribution is 0.178. The molecule has 6 heteroatoms. The summed E-state index contributed by atoms with van der Waals surface area (Å²) in [7, 11) is 3.86. The highest BCUT2D eigenvalue weighted by atomic mass is 32.1. The number of thiophene rings is 1. The fourth-order valence-corrected chi connectivity index (χ4v) is 4.43. The Bertz CT molecular complexity index is 872. The van der Waals surface area contributed by atoms with Crippen LogP contribution in [0.1, 0.15) is 18.7 Å². The number of nitrogens with zero attached hydrogens (tertiary/aromatic N) is 3. The number of rotatable bonds is 5. The first-order valence-electron chi connectivity index (χ1n) is 9.02. The molecule has 0 bridgehead atoms. The summed E-state index contributed by atoms with van der Waals surface area (Å²) in [5.41, 5.74) is 2.40. The van der Waals surface area contributed by atoms with Crippen LogP contribution in [0.25, 0.3) is 21.3 Å². The van der Waals surface area contributed by atoms with E-state index in [0.717, 1.165) is 47.8 Å². The summed E-state index contributed by atoms with van der Waals surface area (Å²) in [5, 5.41) is 7.02. The number of nitrogens with one attached hydrogen (secondary N) is 1. The number of ether oxygens (including phenoxy) is 1. The van der Waals surface area contributed by atoms with E-state index in [1.54, 1.807) is 18.4 Å². The second-order valence-electron chi connectivity index (χ2n) is 6.84.